The van der Waals surface area contributed by atoms with Crippen LogP contribution in [0.1, 0.15) is 23.2 Å². The van der Waals surface area contributed by atoms with E-state index in [1.807, 2.05) is 18.2 Å². The van der Waals surface area contributed by atoms with Crippen molar-refractivity contribution in [2.45, 2.75) is 12.8 Å². The molecule has 1 amide bonds. The van der Waals surface area contributed by atoms with Gasteiger partial charge in [-0.2, -0.15) is 0 Å². The second-order valence-corrected chi connectivity index (χ2v) is 7.33. The summed E-state index contributed by atoms with van der Waals surface area (Å²) in [5, 5.41) is 22.3. The van der Waals surface area contributed by atoms with Crippen LogP contribution in [-0.2, 0) is 0 Å². The lowest BCUT2D eigenvalue weighted by molar-refractivity contribution is -0.384. The van der Waals surface area contributed by atoms with Crippen molar-refractivity contribution in [3.8, 4) is 11.3 Å². The molecule has 1 N–H and O–H groups in total. The molecule has 1 aliphatic heterocycles. The van der Waals surface area contributed by atoms with Crippen molar-refractivity contribution >= 4 is 34.7 Å². The maximum Gasteiger partial charge on any atom is 0.270 e. The van der Waals surface area contributed by atoms with E-state index < -0.39 is 10.8 Å². The molecule has 2 heterocycles. The maximum atomic E-state index is 12.6. The molecule has 0 spiro atoms. The van der Waals surface area contributed by atoms with Crippen LogP contribution in [0.4, 0.5) is 17.2 Å². The molecule has 0 saturated carbocycles. The summed E-state index contributed by atoms with van der Waals surface area (Å²) in [7, 11) is 0. The molecule has 0 bridgehead atoms. The summed E-state index contributed by atoms with van der Waals surface area (Å²) >= 11 is 6.04. The number of hydrogen-bond acceptors (Lipinski definition) is 6. The van der Waals surface area contributed by atoms with E-state index >= 15 is 0 Å². The van der Waals surface area contributed by atoms with Crippen LogP contribution < -0.4 is 10.2 Å². The summed E-state index contributed by atoms with van der Waals surface area (Å²) in [6.07, 6.45) is 2.34. The molecule has 4 rings (SSSR count). The van der Waals surface area contributed by atoms with E-state index in [-0.39, 0.29) is 16.3 Å². The minimum absolute atomic E-state index is 0.0150. The number of rotatable bonds is 5. The van der Waals surface area contributed by atoms with Gasteiger partial charge in [-0.05, 0) is 43.2 Å². The Morgan fingerprint density at radius 2 is 1.87 bits per heavy atom. The highest BCUT2D eigenvalue weighted by Gasteiger charge is 2.16. The van der Waals surface area contributed by atoms with Gasteiger partial charge in [-0.15, -0.1) is 10.2 Å². The minimum Gasteiger partial charge on any atom is -0.355 e. The van der Waals surface area contributed by atoms with Crippen molar-refractivity contribution in [2.24, 2.45) is 0 Å². The smallest absolute Gasteiger partial charge is 0.270 e. The van der Waals surface area contributed by atoms with Crippen LogP contribution >= 0.6 is 11.6 Å². The van der Waals surface area contributed by atoms with Gasteiger partial charge in [0.25, 0.3) is 11.6 Å². The van der Waals surface area contributed by atoms with Crippen LogP contribution in [-0.4, -0.2) is 34.1 Å². The standard InChI is InChI=1S/C21H18ClN5O3/c22-18-13-16(27(29)30)6-7-17(18)21(28)23-15-5-3-4-14(12-15)19-8-9-20(25-24-19)26-10-1-2-11-26/h3-9,12-13H,1-2,10-11H2,(H,23,28). The van der Waals surface area contributed by atoms with E-state index in [2.05, 4.69) is 20.4 Å². The Hall–Kier alpha value is -3.52. The Kier molecular flexibility index (Phi) is 5.58. The molecular weight excluding hydrogens is 406 g/mol. The molecule has 152 valence electrons. The van der Waals surface area contributed by atoms with E-state index in [0.29, 0.717) is 11.4 Å². The molecule has 30 heavy (non-hydrogen) atoms. The summed E-state index contributed by atoms with van der Waals surface area (Å²) < 4.78 is 0. The first-order chi connectivity index (χ1) is 14.5. The van der Waals surface area contributed by atoms with E-state index in [4.69, 9.17) is 11.6 Å². The highest BCUT2D eigenvalue weighted by molar-refractivity contribution is 6.34. The molecule has 0 radical (unpaired) electrons. The summed E-state index contributed by atoms with van der Waals surface area (Å²) in [6.45, 7) is 2.00. The third-order valence-corrected chi connectivity index (χ3v) is 5.22. The monoisotopic (exact) mass is 423 g/mol. The van der Waals surface area contributed by atoms with Crippen molar-refractivity contribution in [2.75, 3.05) is 23.3 Å². The van der Waals surface area contributed by atoms with Crippen molar-refractivity contribution < 1.29 is 9.72 Å². The summed E-state index contributed by atoms with van der Waals surface area (Å²) in [5.74, 6) is 0.413. The van der Waals surface area contributed by atoms with Crippen molar-refractivity contribution in [1.82, 2.24) is 10.2 Å². The van der Waals surface area contributed by atoms with Crippen molar-refractivity contribution in [1.29, 1.82) is 0 Å². The van der Waals surface area contributed by atoms with Crippen LogP contribution in [0.5, 0.6) is 0 Å². The third-order valence-electron chi connectivity index (χ3n) is 4.90. The van der Waals surface area contributed by atoms with Gasteiger partial charge in [0.1, 0.15) is 0 Å². The minimum atomic E-state index is -0.562. The third kappa shape index (κ3) is 4.23. The number of halogens is 1. The Labute approximate surface area is 177 Å². The molecule has 1 aliphatic rings. The number of non-ortho nitro benzene ring substituents is 1. The molecule has 0 unspecified atom stereocenters. The fourth-order valence-electron chi connectivity index (χ4n) is 3.35. The predicted molar refractivity (Wildman–Crippen MR) is 115 cm³/mol. The SMILES string of the molecule is O=C(Nc1cccc(-c2ccc(N3CCCC3)nn2)c1)c1ccc([N+](=O)[O-])cc1Cl. The van der Waals surface area contributed by atoms with Gasteiger partial charge in [-0.1, -0.05) is 23.7 Å². The van der Waals surface area contributed by atoms with E-state index in [9.17, 15) is 14.9 Å². The molecule has 1 fully saturated rings. The number of nitrogens with one attached hydrogen (secondary N) is 1. The number of anilines is 2. The average Bonchev–Trinajstić information content (AvgIpc) is 3.29. The van der Waals surface area contributed by atoms with Crippen molar-refractivity contribution in [3.63, 3.8) is 0 Å². The molecule has 0 atom stereocenters. The molecule has 1 saturated heterocycles. The van der Waals surface area contributed by atoms with Gasteiger partial charge in [0.15, 0.2) is 5.82 Å². The predicted octanol–water partition coefficient (Wildman–Crippen LogP) is 4.56. The van der Waals surface area contributed by atoms with Crippen LogP contribution in [0.2, 0.25) is 5.02 Å². The van der Waals surface area contributed by atoms with Crippen molar-refractivity contribution in [3.05, 3.63) is 75.3 Å². The number of benzene rings is 2. The molecule has 0 aliphatic carbocycles. The van der Waals surface area contributed by atoms with Crippen LogP contribution in [0.3, 0.4) is 0 Å². The van der Waals surface area contributed by atoms with Gasteiger partial charge in [0, 0.05) is 36.5 Å². The quantitative estimate of drug-likeness (QED) is 0.477. The molecule has 2 aromatic carbocycles. The fourth-order valence-corrected chi connectivity index (χ4v) is 3.61. The molecule has 1 aromatic heterocycles. The molecular formula is C21H18ClN5O3. The lowest BCUT2D eigenvalue weighted by atomic mass is 10.1. The largest absolute Gasteiger partial charge is 0.355 e. The van der Waals surface area contributed by atoms with E-state index in [1.54, 1.807) is 18.2 Å². The van der Waals surface area contributed by atoms with Crippen LogP contribution in [0, 0.1) is 10.1 Å². The lowest BCUT2D eigenvalue weighted by Gasteiger charge is -2.15. The first-order valence-corrected chi connectivity index (χ1v) is 9.83. The summed E-state index contributed by atoms with van der Waals surface area (Å²) in [4.78, 5) is 25.0. The van der Waals surface area contributed by atoms with Gasteiger partial charge >= 0.3 is 0 Å². The fraction of sp³-hybridized carbons (Fsp3) is 0.190. The van der Waals surface area contributed by atoms with Crippen LogP contribution in [0.25, 0.3) is 11.3 Å². The Morgan fingerprint density at radius 1 is 1.07 bits per heavy atom. The van der Waals surface area contributed by atoms with Gasteiger partial charge in [0.05, 0.1) is 21.2 Å². The number of amides is 1. The topological polar surface area (TPSA) is 101 Å². The zero-order valence-corrected chi connectivity index (χ0v) is 16.7. The highest BCUT2D eigenvalue weighted by Crippen LogP contribution is 2.26. The lowest BCUT2D eigenvalue weighted by Crippen LogP contribution is -2.19. The van der Waals surface area contributed by atoms with Crippen LogP contribution in [0.15, 0.2) is 54.6 Å². The molecule has 9 heteroatoms. The Bertz CT molecular complexity index is 1100. The Morgan fingerprint density at radius 3 is 2.53 bits per heavy atom. The first kappa shape index (κ1) is 19.8. The molecule has 8 nitrogen and oxygen atoms in total. The zero-order valence-electron chi connectivity index (χ0n) is 15.9. The van der Waals surface area contributed by atoms with E-state index in [0.717, 1.165) is 30.5 Å². The average molecular weight is 424 g/mol. The van der Waals surface area contributed by atoms with E-state index in [1.165, 1.54) is 25.0 Å². The second kappa shape index (κ2) is 8.46. The number of carbonyl (C=O) groups is 1. The van der Waals surface area contributed by atoms with Gasteiger partial charge < -0.3 is 10.2 Å². The molecule has 3 aromatic rings. The zero-order chi connectivity index (χ0) is 21.1. The first-order valence-electron chi connectivity index (χ1n) is 9.46. The number of nitro groups is 1. The number of nitro benzene ring substituents is 1. The number of hydrogen-bond donors (Lipinski definition) is 1. The number of aromatic nitrogens is 2. The summed E-state index contributed by atoms with van der Waals surface area (Å²) in [5.41, 5.74) is 2.04. The Balaban J connectivity index is 1.51. The van der Waals surface area contributed by atoms with Gasteiger partial charge in [0.2, 0.25) is 0 Å². The highest BCUT2D eigenvalue weighted by atomic mass is 35.5. The normalized spacial score (nSPS) is 13.3. The second-order valence-electron chi connectivity index (χ2n) is 6.93. The van der Waals surface area contributed by atoms with Gasteiger partial charge in [-0.3, -0.25) is 14.9 Å². The number of carbonyl (C=O) groups excluding carboxylic acids is 1. The maximum absolute atomic E-state index is 12.6. The summed E-state index contributed by atoms with van der Waals surface area (Å²) in [6, 6.07) is 14.8. The van der Waals surface area contributed by atoms with Gasteiger partial charge in [-0.25, -0.2) is 0 Å². The number of nitrogens with zero attached hydrogens (tertiary/aromatic N) is 4.